The number of halogens is 4. The Bertz CT molecular complexity index is 1520. The van der Waals surface area contributed by atoms with Crippen LogP contribution in [0, 0.1) is 12.7 Å². The molecule has 0 aliphatic carbocycles. The van der Waals surface area contributed by atoms with E-state index in [1.807, 2.05) is 6.92 Å². The van der Waals surface area contributed by atoms with E-state index in [2.05, 4.69) is 41.0 Å². The minimum absolute atomic E-state index is 0.00641. The standard InChI is InChI=1S/C26H27F4N9O3/c1-16-3-4-17(11-31-16)9-24(40)33-23-15-39(37-35-23)13-19(27)7-8-38-14-22(34-36-38)25(41)32-12-18-10-20(5-6-21(18)28)42-26(2,29)30/h3-6,10-11,14-15,19H,7-9,12-13H2,1-2H3,(H,32,41)(H,33,40). The highest BCUT2D eigenvalue weighted by Gasteiger charge is 2.24. The molecular formula is C26H27F4N9O3. The lowest BCUT2D eigenvalue weighted by atomic mass is 10.2. The molecule has 1 atom stereocenters. The van der Waals surface area contributed by atoms with Crippen LogP contribution in [-0.2, 0) is 30.8 Å². The van der Waals surface area contributed by atoms with Crippen molar-refractivity contribution in [3.8, 4) is 5.75 Å². The summed E-state index contributed by atoms with van der Waals surface area (Å²) in [6, 6.07) is 6.66. The predicted octanol–water partition coefficient (Wildman–Crippen LogP) is 3.24. The number of hydrogen-bond donors (Lipinski definition) is 2. The summed E-state index contributed by atoms with van der Waals surface area (Å²) in [5.41, 5.74) is 1.40. The molecule has 0 aliphatic rings. The molecule has 4 rings (SSSR count). The molecule has 0 saturated heterocycles. The molecular weight excluding hydrogens is 562 g/mol. The monoisotopic (exact) mass is 589 g/mol. The third-order valence-corrected chi connectivity index (χ3v) is 5.72. The van der Waals surface area contributed by atoms with Crippen molar-refractivity contribution in [2.24, 2.45) is 0 Å². The minimum atomic E-state index is -3.45. The average Bonchev–Trinajstić information content (AvgIpc) is 3.57. The lowest BCUT2D eigenvalue weighted by molar-refractivity contribution is -0.159. The van der Waals surface area contributed by atoms with Crippen molar-refractivity contribution in [3.63, 3.8) is 0 Å². The van der Waals surface area contributed by atoms with E-state index in [4.69, 9.17) is 0 Å². The molecule has 0 saturated carbocycles. The van der Waals surface area contributed by atoms with E-state index < -0.39 is 24.0 Å². The average molecular weight is 590 g/mol. The fourth-order valence-electron chi connectivity index (χ4n) is 3.72. The Labute approximate surface area is 237 Å². The third-order valence-electron chi connectivity index (χ3n) is 5.72. The van der Waals surface area contributed by atoms with Gasteiger partial charge in [0.05, 0.1) is 25.4 Å². The number of nitrogens with one attached hydrogen (secondary N) is 2. The number of amides is 2. The summed E-state index contributed by atoms with van der Waals surface area (Å²) in [7, 11) is 0. The molecule has 2 amide bonds. The molecule has 0 bridgehead atoms. The van der Waals surface area contributed by atoms with Crippen molar-refractivity contribution in [2.75, 3.05) is 5.32 Å². The smallest absolute Gasteiger partial charge is 0.394 e. The zero-order valence-corrected chi connectivity index (χ0v) is 22.6. The Hall–Kier alpha value is -4.89. The van der Waals surface area contributed by atoms with Crippen molar-refractivity contribution < 1.29 is 31.9 Å². The SMILES string of the molecule is Cc1ccc(CC(=O)Nc2cn(CC(F)CCn3cc(C(=O)NCc4cc(OC(C)(F)F)ccc4F)nn3)nn2)cn1. The number of carbonyl (C=O) groups is 2. The molecule has 4 aromatic rings. The van der Waals surface area contributed by atoms with Gasteiger partial charge in [-0.15, -0.1) is 10.2 Å². The van der Waals surface area contributed by atoms with Crippen LogP contribution in [-0.4, -0.2) is 59.1 Å². The maximum Gasteiger partial charge on any atom is 0.394 e. The maximum atomic E-state index is 14.6. The zero-order valence-electron chi connectivity index (χ0n) is 22.6. The molecule has 1 unspecified atom stereocenters. The highest BCUT2D eigenvalue weighted by molar-refractivity contribution is 5.92. The lowest BCUT2D eigenvalue weighted by Gasteiger charge is -2.14. The number of aromatic nitrogens is 7. The summed E-state index contributed by atoms with van der Waals surface area (Å²) in [6.45, 7) is 2.02. The number of ether oxygens (including phenoxy) is 1. The number of pyridine rings is 1. The second kappa shape index (κ2) is 13.2. The zero-order chi connectivity index (χ0) is 30.3. The van der Waals surface area contributed by atoms with Crippen LogP contribution in [0.25, 0.3) is 0 Å². The van der Waals surface area contributed by atoms with Gasteiger partial charge in [0, 0.05) is 43.9 Å². The third kappa shape index (κ3) is 9.07. The summed E-state index contributed by atoms with van der Waals surface area (Å²) in [5.74, 6) is -1.81. The topological polar surface area (TPSA) is 142 Å². The van der Waals surface area contributed by atoms with Gasteiger partial charge in [-0.05, 0) is 36.8 Å². The van der Waals surface area contributed by atoms with E-state index in [0.29, 0.717) is 6.92 Å². The Balaban J connectivity index is 1.21. The number of anilines is 1. The Morgan fingerprint density at radius 3 is 2.62 bits per heavy atom. The number of benzene rings is 1. The molecule has 16 heteroatoms. The molecule has 0 fully saturated rings. The maximum absolute atomic E-state index is 14.6. The molecule has 0 aliphatic heterocycles. The highest BCUT2D eigenvalue weighted by Crippen LogP contribution is 2.23. The van der Waals surface area contributed by atoms with Gasteiger partial charge in [0.25, 0.3) is 5.91 Å². The first-order valence-corrected chi connectivity index (χ1v) is 12.7. The first-order valence-electron chi connectivity index (χ1n) is 12.7. The summed E-state index contributed by atoms with van der Waals surface area (Å²) in [6.07, 6.45) is -0.386. The van der Waals surface area contributed by atoms with Gasteiger partial charge in [-0.2, -0.15) is 8.78 Å². The second-order valence-corrected chi connectivity index (χ2v) is 9.46. The van der Waals surface area contributed by atoms with E-state index in [9.17, 15) is 27.2 Å². The molecule has 3 heterocycles. The van der Waals surface area contributed by atoms with Crippen molar-refractivity contribution in [2.45, 2.75) is 58.6 Å². The molecule has 42 heavy (non-hydrogen) atoms. The highest BCUT2D eigenvalue weighted by atomic mass is 19.3. The van der Waals surface area contributed by atoms with Gasteiger partial charge in [-0.25, -0.2) is 13.5 Å². The lowest BCUT2D eigenvalue weighted by Crippen LogP contribution is -2.24. The number of rotatable bonds is 13. The van der Waals surface area contributed by atoms with Gasteiger partial charge in [0.15, 0.2) is 11.5 Å². The predicted molar refractivity (Wildman–Crippen MR) is 140 cm³/mol. The molecule has 0 radical (unpaired) electrons. The number of carbonyl (C=O) groups excluding carboxylic acids is 2. The summed E-state index contributed by atoms with van der Waals surface area (Å²) < 4.78 is 61.7. The molecule has 2 N–H and O–H groups in total. The Morgan fingerprint density at radius 1 is 1.10 bits per heavy atom. The van der Waals surface area contributed by atoms with Crippen LogP contribution in [0.5, 0.6) is 5.75 Å². The number of aryl methyl sites for hydroxylation is 2. The Kier molecular flexibility index (Phi) is 9.44. The van der Waals surface area contributed by atoms with Gasteiger partial charge >= 0.3 is 6.11 Å². The van der Waals surface area contributed by atoms with Crippen LogP contribution in [0.4, 0.5) is 23.4 Å². The minimum Gasteiger partial charge on any atom is -0.433 e. The van der Waals surface area contributed by atoms with E-state index in [0.717, 1.165) is 29.5 Å². The fourth-order valence-corrected chi connectivity index (χ4v) is 3.72. The van der Waals surface area contributed by atoms with Crippen molar-refractivity contribution in [3.05, 3.63) is 77.3 Å². The quantitative estimate of drug-likeness (QED) is 0.227. The summed E-state index contributed by atoms with van der Waals surface area (Å²) >= 11 is 0. The van der Waals surface area contributed by atoms with Crippen molar-refractivity contribution >= 4 is 17.6 Å². The van der Waals surface area contributed by atoms with E-state index in [1.54, 1.807) is 18.3 Å². The number of nitrogens with zero attached hydrogens (tertiary/aromatic N) is 7. The van der Waals surface area contributed by atoms with Gasteiger partial charge in [0.1, 0.15) is 17.7 Å². The molecule has 1 aromatic carbocycles. The largest absolute Gasteiger partial charge is 0.433 e. The van der Waals surface area contributed by atoms with Crippen molar-refractivity contribution in [1.82, 2.24) is 40.3 Å². The molecule has 222 valence electrons. The van der Waals surface area contributed by atoms with Crippen LogP contribution < -0.4 is 15.4 Å². The van der Waals surface area contributed by atoms with Gasteiger partial charge in [-0.1, -0.05) is 16.5 Å². The van der Waals surface area contributed by atoms with E-state index >= 15 is 0 Å². The van der Waals surface area contributed by atoms with Crippen LogP contribution in [0.1, 0.15) is 40.7 Å². The number of hydrogen-bond acceptors (Lipinski definition) is 8. The fraction of sp³-hybridized carbons (Fsp3) is 0.346. The first-order chi connectivity index (χ1) is 19.9. The first kappa shape index (κ1) is 30.1. The van der Waals surface area contributed by atoms with Crippen LogP contribution in [0.2, 0.25) is 0 Å². The van der Waals surface area contributed by atoms with E-state index in [1.165, 1.54) is 21.8 Å². The summed E-state index contributed by atoms with van der Waals surface area (Å²) in [4.78, 5) is 28.8. The number of alkyl halides is 3. The molecule has 12 nitrogen and oxygen atoms in total. The van der Waals surface area contributed by atoms with Crippen molar-refractivity contribution in [1.29, 1.82) is 0 Å². The van der Waals surface area contributed by atoms with Crippen LogP contribution >= 0.6 is 0 Å². The normalized spacial score (nSPS) is 12.1. The van der Waals surface area contributed by atoms with Crippen LogP contribution in [0.15, 0.2) is 48.9 Å². The van der Waals surface area contributed by atoms with Gasteiger partial charge in [0.2, 0.25) is 5.91 Å². The molecule has 0 spiro atoms. The molecule has 3 aromatic heterocycles. The van der Waals surface area contributed by atoms with Gasteiger partial charge < -0.3 is 15.4 Å². The van der Waals surface area contributed by atoms with Gasteiger partial charge in [-0.3, -0.25) is 19.3 Å². The second-order valence-electron chi connectivity index (χ2n) is 9.46. The van der Waals surface area contributed by atoms with Crippen LogP contribution in [0.3, 0.4) is 0 Å². The van der Waals surface area contributed by atoms with E-state index in [-0.39, 0.29) is 61.2 Å². The summed E-state index contributed by atoms with van der Waals surface area (Å²) in [5, 5.41) is 20.2. The Morgan fingerprint density at radius 2 is 1.88 bits per heavy atom.